The third kappa shape index (κ3) is 4.94. The van der Waals surface area contributed by atoms with Gasteiger partial charge in [-0.25, -0.2) is 4.79 Å². The highest BCUT2D eigenvalue weighted by molar-refractivity contribution is 5.82. The molecule has 0 saturated carbocycles. The summed E-state index contributed by atoms with van der Waals surface area (Å²) >= 11 is 0. The van der Waals surface area contributed by atoms with Crippen molar-refractivity contribution in [3.05, 3.63) is 77.9 Å². The molecule has 5 nitrogen and oxygen atoms in total. The van der Waals surface area contributed by atoms with Gasteiger partial charge in [0.2, 0.25) is 0 Å². The molecule has 0 spiro atoms. The normalized spacial score (nSPS) is 19.2. The third-order valence-corrected chi connectivity index (χ3v) is 5.37. The molecule has 0 aliphatic carbocycles. The van der Waals surface area contributed by atoms with Gasteiger partial charge in [0, 0.05) is 12.5 Å². The highest BCUT2D eigenvalue weighted by Gasteiger charge is 2.27. The largest absolute Gasteiger partial charge is 0.482 e. The third-order valence-electron chi connectivity index (χ3n) is 5.37. The fourth-order valence-electron chi connectivity index (χ4n) is 3.87. The van der Waals surface area contributed by atoms with Crippen LogP contribution in [0, 0.1) is 0 Å². The molecular formula is C24H25NO4. The van der Waals surface area contributed by atoms with E-state index in [1.807, 2.05) is 24.3 Å². The highest BCUT2D eigenvalue weighted by atomic mass is 16.5. The molecule has 29 heavy (non-hydrogen) atoms. The van der Waals surface area contributed by atoms with E-state index in [-0.39, 0.29) is 12.7 Å². The summed E-state index contributed by atoms with van der Waals surface area (Å²) in [7, 11) is 0. The lowest BCUT2D eigenvalue weighted by Crippen LogP contribution is -2.40. The van der Waals surface area contributed by atoms with Gasteiger partial charge in [0.1, 0.15) is 5.75 Å². The van der Waals surface area contributed by atoms with Gasteiger partial charge in [-0.05, 0) is 53.1 Å². The predicted molar refractivity (Wildman–Crippen MR) is 112 cm³/mol. The fraction of sp³-hybridized carbons (Fsp3) is 0.292. The summed E-state index contributed by atoms with van der Waals surface area (Å²) in [6.07, 6.45) is 1.08. The second-order valence-corrected chi connectivity index (χ2v) is 7.38. The Hall–Kier alpha value is -2.89. The van der Waals surface area contributed by atoms with Crippen molar-refractivity contribution in [1.82, 2.24) is 5.32 Å². The summed E-state index contributed by atoms with van der Waals surface area (Å²) in [4.78, 5) is 10.6. The maximum Gasteiger partial charge on any atom is 0.341 e. The summed E-state index contributed by atoms with van der Waals surface area (Å²) in [5, 5.41) is 14.6. The van der Waals surface area contributed by atoms with Crippen molar-refractivity contribution in [2.45, 2.75) is 25.0 Å². The van der Waals surface area contributed by atoms with Gasteiger partial charge in [-0.2, -0.15) is 0 Å². The van der Waals surface area contributed by atoms with Gasteiger partial charge in [-0.3, -0.25) is 0 Å². The molecule has 0 amide bonds. The zero-order valence-electron chi connectivity index (χ0n) is 16.2. The van der Waals surface area contributed by atoms with Gasteiger partial charge in [0.05, 0.1) is 12.7 Å². The lowest BCUT2D eigenvalue weighted by atomic mass is 9.87. The van der Waals surface area contributed by atoms with Crippen LogP contribution in [-0.2, 0) is 16.1 Å². The van der Waals surface area contributed by atoms with Crippen LogP contribution in [0.2, 0.25) is 0 Å². The lowest BCUT2D eigenvalue weighted by Gasteiger charge is -2.32. The van der Waals surface area contributed by atoms with E-state index in [9.17, 15) is 4.79 Å². The number of piperidine rings is 1. The van der Waals surface area contributed by atoms with Gasteiger partial charge < -0.3 is 19.9 Å². The highest BCUT2D eigenvalue weighted by Crippen LogP contribution is 2.30. The summed E-state index contributed by atoms with van der Waals surface area (Å²) in [5.41, 5.74) is 2.36. The van der Waals surface area contributed by atoms with Crippen molar-refractivity contribution in [1.29, 1.82) is 0 Å². The average molecular weight is 391 g/mol. The first-order valence-corrected chi connectivity index (χ1v) is 9.93. The minimum Gasteiger partial charge on any atom is -0.482 e. The van der Waals surface area contributed by atoms with E-state index in [4.69, 9.17) is 14.6 Å². The predicted octanol–water partition coefficient (Wildman–Crippen LogP) is 3.97. The quantitative estimate of drug-likeness (QED) is 0.638. The number of carboxylic acid groups (broad SMARTS) is 1. The zero-order chi connectivity index (χ0) is 20.1. The summed E-state index contributed by atoms with van der Waals surface area (Å²) in [6.45, 7) is 2.02. The number of carboxylic acids is 1. The zero-order valence-corrected chi connectivity index (χ0v) is 16.2. The molecule has 0 aromatic heterocycles. The Balaban J connectivity index is 1.42. The number of carbonyl (C=O) groups is 1. The Kier molecular flexibility index (Phi) is 6.08. The Morgan fingerprint density at radius 1 is 1.03 bits per heavy atom. The van der Waals surface area contributed by atoms with E-state index < -0.39 is 5.97 Å². The maximum atomic E-state index is 10.6. The molecule has 4 rings (SSSR count). The fourth-order valence-corrected chi connectivity index (χ4v) is 3.87. The van der Waals surface area contributed by atoms with Crippen LogP contribution < -0.4 is 10.1 Å². The smallest absolute Gasteiger partial charge is 0.341 e. The summed E-state index contributed by atoms with van der Waals surface area (Å²) in [5.74, 6) is -0.112. The standard InChI is InChI=1S/C24H25NO4/c26-24(27)16-28-21-9-7-19(8-10-21)22-11-12-25-14-23(22)29-15-17-5-6-18-3-1-2-4-20(18)13-17/h1-10,13,22-23,25H,11-12,14-16H2,(H,26,27). The molecule has 3 aromatic rings. The van der Waals surface area contributed by atoms with E-state index >= 15 is 0 Å². The van der Waals surface area contributed by atoms with Gasteiger partial charge in [-0.15, -0.1) is 0 Å². The monoisotopic (exact) mass is 391 g/mol. The number of nitrogens with one attached hydrogen (secondary N) is 1. The van der Waals surface area contributed by atoms with Crippen LogP contribution in [0.3, 0.4) is 0 Å². The van der Waals surface area contributed by atoms with Crippen LogP contribution in [0.5, 0.6) is 5.75 Å². The van der Waals surface area contributed by atoms with E-state index in [1.165, 1.54) is 21.9 Å². The van der Waals surface area contributed by atoms with Crippen LogP contribution in [0.1, 0.15) is 23.5 Å². The second-order valence-electron chi connectivity index (χ2n) is 7.38. The van der Waals surface area contributed by atoms with Crippen molar-refractivity contribution in [3.8, 4) is 5.75 Å². The number of hydrogen-bond acceptors (Lipinski definition) is 4. The molecule has 5 heteroatoms. The summed E-state index contributed by atoms with van der Waals surface area (Å²) in [6, 6.07) is 22.5. The Morgan fingerprint density at radius 3 is 2.62 bits per heavy atom. The molecule has 1 fully saturated rings. The van der Waals surface area contributed by atoms with Crippen molar-refractivity contribution in [2.24, 2.45) is 0 Å². The molecular weight excluding hydrogens is 366 g/mol. The van der Waals surface area contributed by atoms with Crippen molar-refractivity contribution >= 4 is 16.7 Å². The topological polar surface area (TPSA) is 67.8 Å². The van der Waals surface area contributed by atoms with Gasteiger partial charge in [-0.1, -0.05) is 48.5 Å². The SMILES string of the molecule is O=C(O)COc1ccc(C2CCNCC2OCc2ccc3ccccc3c2)cc1. The van der Waals surface area contributed by atoms with Crippen molar-refractivity contribution in [3.63, 3.8) is 0 Å². The average Bonchev–Trinajstić information content (AvgIpc) is 2.77. The van der Waals surface area contributed by atoms with Gasteiger partial charge in [0.25, 0.3) is 0 Å². The van der Waals surface area contributed by atoms with Gasteiger partial charge >= 0.3 is 5.97 Å². The minimum absolute atomic E-state index is 0.0843. The molecule has 3 aromatic carbocycles. The van der Waals surface area contributed by atoms with E-state index in [0.29, 0.717) is 18.3 Å². The Bertz CT molecular complexity index is 970. The number of ether oxygens (including phenoxy) is 2. The number of hydrogen-bond donors (Lipinski definition) is 2. The number of rotatable bonds is 7. The van der Waals surface area contributed by atoms with Crippen LogP contribution in [0.15, 0.2) is 66.7 Å². The van der Waals surface area contributed by atoms with Crippen molar-refractivity contribution in [2.75, 3.05) is 19.7 Å². The molecule has 2 unspecified atom stereocenters. The lowest BCUT2D eigenvalue weighted by molar-refractivity contribution is -0.139. The first-order chi connectivity index (χ1) is 14.2. The molecule has 0 radical (unpaired) electrons. The Labute approximate surface area is 170 Å². The molecule has 2 atom stereocenters. The van der Waals surface area contributed by atoms with E-state index in [1.54, 1.807) is 0 Å². The maximum absolute atomic E-state index is 10.6. The Morgan fingerprint density at radius 2 is 1.83 bits per heavy atom. The molecule has 150 valence electrons. The van der Waals surface area contributed by atoms with Crippen LogP contribution in [-0.4, -0.2) is 36.9 Å². The second kappa shape index (κ2) is 9.07. The molecule has 1 aliphatic heterocycles. The van der Waals surface area contributed by atoms with Crippen molar-refractivity contribution < 1.29 is 19.4 Å². The van der Waals surface area contributed by atoms with E-state index in [2.05, 4.69) is 47.8 Å². The first-order valence-electron chi connectivity index (χ1n) is 9.93. The van der Waals surface area contributed by atoms with Gasteiger partial charge in [0.15, 0.2) is 6.61 Å². The minimum atomic E-state index is -0.977. The molecule has 1 heterocycles. The number of fused-ring (bicyclic) bond motifs is 1. The summed E-state index contributed by atoms with van der Waals surface area (Å²) < 4.78 is 11.6. The van der Waals surface area contributed by atoms with E-state index in [0.717, 1.165) is 19.5 Å². The molecule has 2 N–H and O–H groups in total. The molecule has 0 bridgehead atoms. The molecule has 1 aliphatic rings. The van der Waals surface area contributed by atoms with Crippen LogP contribution in [0.25, 0.3) is 10.8 Å². The number of aliphatic carboxylic acids is 1. The first kappa shape index (κ1) is 19.4. The van der Waals surface area contributed by atoms with Crippen LogP contribution >= 0.6 is 0 Å². The number of benzene rings is 3. The van der Waals surface area contributed by atoms with Crippen LogP contribution in [0.4, 0.5) is 0 Å². The molecule has 1 saturated heterocycles.